The molecule has 0 radical (unpaired) electrons. The molecule has 0 aromatic carbocycles. The van der Waals surface area contributed by atoms with Crippen LogP contribution in [0.4, 0.5) is 0 Å². The van der Waals surface area contributed by atoms with Gasteiger partial charge in [-0.3, -0.25) is 4.79 Å². The number of carbonyl (C=O) groups is 1. The van der Waals surface area contributed by atoms with E-state index in [1.54, 1.807) is 0 Å². The molecule has 0 saturated carbocycles. The number of carbonyl (C=O) groups excluding carboxylic acids is 1. The lowest BCUT2D eigenvalue weighted by Gasteiger charge is -2.28. The van der Waals surface area contributed by atoms with Crippen molar-refractivity contribution in [2.45, 2.75) is 65.0 Å². The van der Waals surface area contributed by atoms with Gasteiger partial charge in [0.1, 0.15) is 5.82 Å². The molecule has 6 nitrogen and oxygen atoms in total. The molecular weight excluding hydrogens is 361 g/mol. The van der Waals surface area contributed by atoms with Crippen LogP contribution in [0.25, 0.3) is 0 Å². The molecule has 1 saturated heterocycles. The highest BCUT2D eigenvalue weighted by atomic mass is 35.5. The second-order valence-corrected chi connectivity index (χ2v) is 7.06. The fraction of sp³-hybridized carbons (Fsp3) is 0.824. The van der Waals surface area contributed by atoms with Crippen molar-refractivity contribution in [2.75, 3.05) is 13.1 Å². The standard InChI is InChI=1S/C17H29N5O.2ClH/c1-13(14-6-5-8-18-11-14)10-17(23)19-12-16-21-20-15-7-3-2-4-9-22(15)16;;/h13-14,18H,2-12H2,1H3,(H,19,23);2*1H. The molecule has 0 aliphatic carbocycles. The zero-order valence-electron chi connectivity index (χ0n) is 15.0. The van der Waals surface area contributed by atoms with Crippen molar-refractivity contribution in [3.05, 3.63) is 11.6 Å². The van der Waals surface area contributed by atoms with Crippen molar-refractivity contribution in [2.24, 2.45) is 11.8 Å². The minimum absolute atomic E-state index is 0. The van der Waals surface area contributed by atoms with Crippen molar-refractivity contribution in [1.29, 1.82) is 0 Å². The Hall–Kier alpha value is -0.850. The van der Waals surface area contributed by atoms with E-state index in [9.17, 15) is 4.79 Å². The average Bonchev–Trinajstić information content (AvgIpc) is 2.80. The first-order chi connectivity index (χ1) is 11.2. The lowest BCUT2D eigenvalue weighted by atomic mass is 9.85. The molecule has 2 unspecified atom stereocenters. The van der Waals surface area contributed by atoms with Crippen LogP contribution in [-0.4, -0.2) is 33.8 Å². The number of hydrogen-bond acceptors (Lipinski definition) is 4. The first-order valence-electron chi connectivity index (χ1n) is 9.12. The molecular formula is C17H31Cl2N5O. The van der Waals surface area contributed by atoms with Gasteiger partial charge < -0.3 is 15.2 Å². The van der Waals surface area contributed by atoms with Gasteiger partial charge in [-0.15, -0.1) is 35.0 Å². The monoisotopic (exact) mass is 391 g/mol. The van der Waals surface area contributed by atoms with Gasteiger partial charge in [0.25, 0.3) is 0 Å². The summed E-state index contributed by atoms with van der Waals surface area (Å²) in [6.45, 7) is 5.85. The number of hydrogen-bond donors (Lipinski definition) is 2. The second-order valence-electron chi connectivity index (χ2n) is 7.06. The van der Waals surface area contributed by atoms with Gasteiger partial charge in [0, 0.05) is 19.4 Å². The minimum Gasteiger partial charge on any atom is -0.349 e. The quantitative estimate of drug-likeness (QED) is 0.808. The van der Waals surface area contributed by atoms with Crippen LogP contribution in [0.5, 0.6) is 0 Å². The van der Waals surface area contributed by atoms with E-state index in [1.807, 2.05) is 0 Å². The third-order valence-electron chi connectivity index (χ3n) is 5.28. The molecule has 8 heteroatoms. The van der Waals surface area contributed by atoms with E-state index in [0.717, 1.165) is 37.7 Å². The summed E-state index contributed by atoms with van der Waals surface area (Å²) < 4.78 is 2.20. The Bertz CT molecular complexity index is 531. The molecule has 2 N–H and O–H groups in total. The lowest BCUT2D eigenvalue weighted by molar-refractivity contribution is -0.122. The summed E-state index contributed by atoms with van der Waals surface area (Å²) in [7, 11) is 0. The van der Waals surface area contributed by atoms with E-state index in [0.29, 0.717) is 24.8 Å². The predicted octanol–water partition coefficient (Wildman–Crippen LogP) is 2.49. The predicted molar refractivity (Wildman–Crippen MR) is 103 cm³/mol. The first-order valence-corrected chi connectivity index (χ1v) is 9.12. The van der Waals surface area contributed by atoms with Crippen LogP contribution in [-0.2, 0) is 24.3 Å². The van der Waals surface area contributed by atoms with Crippen LogP contribution in [0.3, 0.4) is 0 Å². The largest absolute Gasteiger partial charge is 0.349 e. The van der Waals surface area contributed by atoms with Gasteiger partial charge in [0.05, 0.1) is 6.54 Å². The number of aromatic nitrogens is 3. The molecule has 0 bridgehead atoms. The Labute approximate surface area is 162 Å². The Morgan fingerprint density at radius 2 is 2.12 bits per heavy atom. The molecule has 1 amide bonds. The van der Waals surface area contributed by atoms with Gasteiger partial charge >= 0.3 is 0 Å². The molecule has 2 aliphatic heterocycles. The highest BCUT2D eigenvalue weighted by Gasteiger charge is 2.22. The molecule has 2 atom stereocenters. The maximum atomic E-state index is 12.2. The molecule has 0 spiro atoms. The van der Waals surface area contributed by atoms with Crippen molar-refractivity contribution in [3.63, 3.8) is 0 Å². The zero-order chi connectivity index (χ0) is 16.1. The van der Waals surface area contributed by atoms with Crippen molar-refractivity contribution in [3.8, 4) is 0 Å². The highest BCUT2D eigenvalue weighted by Crippen LogP contribution is 2.22. The van der Waals surface area contributed by atoms with Gasteiger partial charge in [-0.25, -0.2) is 0 Å². The van der Waals surface area contributed by atoms with E-state index in [4.69, 9.17) is 0 Å². The number of halogens is 2. The summed E-state index contributed by atoms with van der Waals surface area (Å²) in [4.78, 5) is 12.2. The smallest absolute Gasteiger partial charge is 0.220 e. The molecule has 1 aromatic rings. The molecule has 2 aliphatic rings. The minimum atomic E-state index is 0. The van der Waals surface area contributed by atoms with Crippen molar-refractivity contribution < 1.29 is 4.79 Å². The normalized spacial score (nSPS) is 21.1. The lowest BCUT2D eigenvalue weighted by Crippen LogP contribution is -2.35. The number of nitrogens with one attached hydrogen (secondary N) is 2. The van der Waals surface area contributed by atoms with Crippen LogP contribution in [0.15, 0.2) is 0 Å². The van der Waals surface area contributed by atoms with Crippen molar-refractivity contribution >= 4 is 30.7 Å². The second kappa shape index (κ2) is 11.0. The number of fused-ring (bicyclic) bond motifs is 1. The van der Waals surface area contributed by atoms with Gasteiger partial charge in [-0.05, 0) is 50.6 Å². The zero-order valence-corrected chi connectivity index (χ0v) is 16.6. The summed E-state index contributed by atoms with van der Waals surface area (Å²) in [5, 5.41) is 15.0. The van der Waals surface area contributed by atoms with E-state index in [1.165, 1.54) is 32.1 Å². The van der Waals surface area contributed by atoms with Crippen LogP contribution < -0.4 is 10.6 Å². The Morgan fingerprint density at radius 1 is 1.28 bits per heavy atom. The summed E-state index contributed by atoms with van der Waals surface area (Å²) in [6.07, 6.45) is 7.69. The Morgan fingerprint density at radius 3 is 2.88 bits per heavy atom. The number of rotatable bonds is 5. The van der Waals surface area contributed by atoms with Gasteiger partial charge in [-0.2, -0.15) is 0 Å². The van der Waals surface area contributed by atoms with E-state index < -0.39 is 0 Å². The summed E-state index contributed by atoms with van der Waals surface area (Å²) >= 11 is 0. The SMILES string of the molecule is CC(CC(=O)NCc1nnc2n1CCCCC2)C1CCCNC1.Cl.Cl. The fourth-order valence-corrected chi connectivity index (χ4v) is 3.75. The van der Waals surface area contributed by atoms with E-state index in [-0.39, 0.29) is 30.7 Å². The number of aryl methyl sites for hydroxylation is 1. The van der Waals surface area contributed by atoms with Crippen LogP contribution in [0.2, 0.25) is 0 Å². The number of piperidine rings is 1. The fourth-order valence-electron chi connectivity index (χ4n) is 3.75. The van der Waals surface area contributed by atoms with E-state index in [2.05, 4.69) is 32.3 Å². The van der Waals surface area contributed by atoms with Crippen LogP contribution >= 0.6 is 24.8 Å². The topological polar surface area (TPSA) is 71.8 Å². The molecule has 25 heavy (non-hydrogen) atoms. The summed E-state index contributed by atoms with van der Waals surface area (Å²) in [5.74, 6) is 3.17. The van der Waals surface area contributed by atoms with Gasteiger partial charge in [0.2, 0.25) is 5.91 Å². The van der Waals surface area contributed by atoms with Crippen molar-refractivity contribution in [1.82, 2.24) is 25.4 Å². The molecule has 3 heterocycles. The maximum Gasteiger partial charge on any atom is 0.220 e. The van der Waals surface area contributed by atoms with Gasteiger partial charge in [-0.1, -0.05) is 13.3 Å². The first kappa shape index (κ1) is 22.2. The Kier molecular flexibility index (Phi) is 9.75. The third kappa shape index (κ3) is 6.12. The van der Waals surface area contributed by atoms with Gasteiger partial charge in [0.15, 0.2) is 5.82 Å². The van der Waals surface area contributed by atoms with Crippen LogP contribution in [0, 0.1) is 11.8 Å². The molecule has 3 rings (SSSR count). The average molecular weight is 392 g/mol. The summed E-state index contributed by atoms with van der Waals surface area (Å²) in [5.41, 5.74) is 0. The molecule has 1 aromatic heterocycles. The highest BCUT2D eigenvalue weighted by molar-refractivity contribution is 5.85. The van der Waals surface area contributed by atoms with Crippen LogP contribution in [0.1, 0.15) is 57.1 Å². The number of nitrogens with zero attached hydrogens (tertiary/aromatic N) is 3. The summed E-state index contributed by atoms with van der Waals surface area (Å²) in [6, 6.07) is 0. The third-order valence-corrected chi connectivity index (χ3v) is 5.28. The maximum absolute atomic E-state index is 12.2. The van der Waals surface area contributed by atoms with E-state index >= 15 is 0 Å². The number of amides is 1. The molecule has 1 fully saturated rings. The Balaban J connectivity index is 0.00000156. The molecule has 144 valence electrons.